The molecule has 3 rings (SSSR count). The Morgan fingerprint density at radius 3 is 2.63 bits per heavy atom. The lowest BCUT2D eigenvalue weighted by Gasteiger charge is -2.09. The molecule has 0 saturated carbocycles. The van der Waals surface area contributed by atoms with Crippen molar-refractivity contribution >= 4 is 5.65 Å². The summed E-state index contributed by atoms with van der Waals surface area (Å²) in [6, 6.07) is 0. The number of hydrogen-bond donors (Lipinski definition) is 0. The predicted molar refractivity (Wildman–Crippen MR) is 69.8 cm³/mol. The van der Waals surface area contributed by atoms with Crippen molar-refractivity contribution < 1.29 is 4.74 Å². The highest BCUT2D eigenvalue weighted by atomic mass is 16.5. The van der Waals surface area contributed by atoms with Gasteiger partial charge in [0.25, 0.3) is 5.88 Å². The van der Waals surface area contributed by atoms with E-state index in [9.17, 15) is 0 Å². The fraction of sp³-hybridized carbons (Fsp3) is 0.231. The first-order chi connectivity index (χ1) is 9.25. The highest BCUT2D eigenvalue weighted by molar-refractivity contribution is 5.64. The second-order valence-corrected chi connectivity index (χ2v) is 4.36. The quantitative estimate of drug-likeness (QED) is 0.716. The average molecular weight is 255 g/mol. The Kier molecular flexibility index (Phi) is 2.83. The van der Waals surface area contributed by atoms with Crippen LogP contribution >= 0.6 is 0 Å². The minimum atomic E-state index is 0.0545. The summed E-state index contributed by atoms with van der Waals surface area (Å²) in [6.07, 6.45) is 10.4. The summed E-state index contributed by atoms with van der Waals surface area (Å²) < 4.78 is 7.57. The number of fused-ring (bicyclic) bond motifs is 1. The fourth-order valence-electron chi connectivity index (χ4n) is 1.85. The minimum absolute atomic E-state index is 0.0545. The van der Waals surface area contributed by atoms with Crippen LogP contribution in [0.3, 0.4) is 0 Å². The van der Waals surface area contributed by atoms with Crippen molar-refractivity contribution in [2.24, 2.45) is 0 Å². The maximum absolute atomic E-state index is 5.65. The van der Waals surface area contributed by atoms with E-state index in [2.05, 4.69) is 19.9 Å². The zero-order valence-electron chi connectivity index (χ0n) is 10.7. The topological polar surface area (TPSA) is 65.2 Å². The van der Waals surface area contributed by atoms with Gasteiger partial charge in [-0.1, -0.05) is 0 Å². The maximum atomic E-state index is 5.65. The summed E-state index contributed by atoms with van der Waals surface area (Å²) in [5.41, 5.74) is 2.50. The molecule has 0 aliphatic carbocycles. The SMILES string of the molecule is CC(C)Oc1nccn2c(-c3cncnc3)cnc12. The predicted octanol–water partition coefficient (Wildman–Crippen LogP) is 1.97. The van der Waals surface area contributed by atoms with Crippen LogP contribution in [0.1, 0.15) is 13.8 Å². The molecular formula is C13H13N5O. The van der Waals surface area contributed by atoms with Gasteiger partial charge in [0, 0.05) is 30.4 Å². The largest absolute Gasteiger partial charge is 0.472 e. The first-order valence-electron chi connectivity index (χ1n) is 6.00. The summed E-state index contributed by atoms with van der Waals surface area (Å²) in [4.78, 5) is 16.6. The van der Waals surface area contributed by atoms with Crippen LogP contribution in [0.25, 0.3) is 16.9 Å². The van der Waals surface area contributed by atoms with Crippen molar-refractivity contribution in [2.45, 2.75) is 20.0 Å². The molecule has 3 aromatic heterocycles. The van der Waals surface area contributed by atoms with Crippen molar-refractivity contribution in [1.82, 2.24) is 24.3 Å². The Balaban J connectivity index is 2.14. The smallest absolute Gasteiger partial charge is 0.258 e. The molecule has 19 heavy (non-hydrogen) atoms. The van der Waals surface area contributed by atoms with E-state index in [4.69, 9.17) is 4.74 Å². The molecule has 0 unspecified atom stereocenters. The lowest BCUT2D eigenvalue weighted by Crippen LogP contribution is -2.08. The highest BCUT2D eigenvalue weighted by Crippen LogP contribution is 2.23. The van der Waals surface area contributed by atoms with Crippen molar-refractivity contribution in [1.29, 1.82) is 0 Å². The van der Waals surface area contributed by atoms with Crippen molar-refractivity contribution in [3.8, 4) is 17.1 Å². The first-order valence-corrected chi connectivity index (χ1v) is 6.00. The van der Waals surface area contributed by atoms with E-state index in [-0.39, 0.29) is 6.10 Å². The lowest BCUT2D eigenvalue weighted by atomic mass is 10.3. The van der Waals surface area contributed by atoms with Crippen LogP contribution < -0.4 is 4.74 Å². The summed E-state index contributed by atoms with van der Waals surface area (Å²) in [7, 11) is 0. The van der Waals surface area contributed by atoms with Crippen molar-refractivity contribution in [3.63, 3.8) is 0 Å². The average Bonchev–Trinajstić information content (AvgIpc) is 2.84. The molecule has 3 aromatic rings. The summed E-state index contributed by atoms with van der Waals surface area (Å²) in [5, 5.41) is 0. The molecule has 0 aromatic carbocycles. The van der Waals surface area contributed by atoms with Gasteiger partial charge in [-0.25, -0.2) is 19.9 Å². The zero-order valence-corrected chi connectivity index (χ0v) is 10.7. The first kappa shape index (κ1) is 11.6. The maximum Gasteiger partial charge on any atom is 0.258 e. The molecule has 6 heteroatoms. The third kappa shape index (κ3) is 2.12. The second-order valence-electron chi connectivity index (χ2n) is 4.36. The van der Waals surface area contributed by atoms with Gasteiger partial charge in [0.2, 0.25) is 5.65 Å². The van der Waals surface area contributed by atoms with E-state index in [1.165, 1.54) is 6.33 Å². The molecule has 0 spiro atoms. The minimum Gasteiger partial charge on any atom is -0.472 e. The molecule has 0 radical (unpaired) electrons. The molecule has 96 valence electrons. The molecule has 0 bridgehead atoms. The number of nitrogens with zero attached hydrogens (tertiary/aromatic N) is 5. The van der Waals surface area contributed by atoms with Crippen LogP contribution in [0.4, 0.5) is 0 Å². The number of imidazole rings is 1. The van der Waals surface area contributed by atoms with Gasteiger partial charge in [0.05, 0.1) is 18.0 Å². The van der Waals surface area contributed by atoms with Crippen molar-refractivity contribution in [2.75, 3.05) is 0 Å². The number of rotatable bonds is 3. The van der Waals surface area contributed by atoms with Gasteiger partial charge in [-0.2, -0.15) is 0 Å². The monoisotopic (exact) mass is 255 g/mol. The van der Waals surface area contributed by atoms with Gasteiger partial charge >= 0.3 is 0 Å². The van der Waals surface area contributed by atoms with Crippen LogP contribution in [-0.4, -0.2) is 30.4 Å². The summed E-state index contributed by atoms with van der Waals surface area (Å²) in [6.45, 7) is 3.92. The Labute approximate surface area is 110 Å². The standard InChI is InChI=1S/C13H13N5O/c1-9(2)19-13-12-17-7-11(18(12)4-3-16-13)10-5-14-8-15-6-10/h3-9H,1-2H3. The van der Waals surface area contributed by atoms with Gasteiger partial charge < -0.3 is 4.74 Å². The van der Waals surface area contributed by atoms with E-state index < -0.39 is 0 Å². The van der Waals surface area contributed by atoms with Crippen LogP contribution in [-0.2, 0) is 0 Å². The summed E-state index contributed by atoms with van der Waals surface area (Å²) in [5.74, 6) is 0.528. The van der Waals surface area contributed by atoms with Crippen LogP contribution in [0.2, 0.25) is 0 Å². The van der Waals surface area contributed by atoms with E-state index in [0.29, 0.717) is 11.5 Å². The molecule has 0 fully saturated rings. The van der Waals surface area contributed by atoms with Gasteiger partial charge in [0.1, 0.15) is 6.33 Å². The summed E-state index contributed by atoms with van der Waals surface area (Å²) >= 11 is 0. The number of hydrogen-bond acceptors (Lipinski definition) is 5. The molecule has 0 saturated heterocycles. The second kappa shape index (κ2) is 4.64. The van der Waals surface area contributed by atoms with E-state index in [1.54, 1.807) is 24.8 Å². The highest BCUT2D eigenvalue weighted by Gasteiger charge is 2.12. The molecule has 0 N–H and O–H groups in total. The van der Waals surface area contributed by atoms with Crippen molar-refractivity contribution in [3.05, 3.63) is 37.3 Å². The third-order valence-electron chi connectivity index (χ3n) is 2.60. The van der Waals surface area contributed by atoms with Gasteiger partial charge in [0.15, 0.2) is 0 Å². The Hall–Kier alpha value is -2.50. The Bertz CT molecular complexity index is 693. The van der Waals surface area contributed by atoms with Gasteiger partial charge in [-0.05, 0) is 13.8 Å². The molecular weight excluding hydrogens is 242 g/mol. The van der Waals surface area contributed by atoms with E-state index >= 15 is 0 Å². The van der Waals surface area contributed by atoms with Crippen LogP contribution in [0.5, 0.6) is 5.88 Å². The molecule has 0 aliphatic rings. The Morgan fingerprint density at radius 2 is 1.89 bits per heavy atom. The van der Waals surface area contributed by atoms with Crippen LogP contribution in [0.15, 0.2) is 37.3 Å². The fourth-order valence-corrected chi connectivity index (χ4v) is 1.85. The van der Waals surface area contributed by atoms with Gasteiger partial charge in [-0.3, -0.25) is 4.40 Å². The third-order valence-corrected chi connectivity index (χ3v) is 2.60. The number of aromatic nitrogens is 5. The molecule has 0 aliphatic heterocycles. The molecule has 0 atom stereocenters. The molecule has 0 amide bonds. The Morgan fingerprint density at radius 1 is 1.11 bits per heavy atom. The van der Waals surface area contributed by atoms with Gasteiger partial charge in [-0.15, -0.1) is 0 Å². The molecule has 6 nitrogen and oxygen atoms in total. The number of ether oxygens (including phenoxy) is 1. The normalized spacial score (nSPS) is 11.1. The van der Waals surface area contributed by atoms with E-state index in [1.807, 2.05) is 24.4 Å². The van der Waals surface area contributed by atoms with E-state index in [0.717, 1.165) is 11.3 Å². The zero-order chi connectivity index (χ0) is 13.2. The molecule has 3 heterocycles. The lowest BCUT2D eigenvalue weighted by molar-refractivity contribution is 0.234. The van der Waals surface area contributed by atoms with Crippen LogP contribution in [0, 0.1) is 0 Å².